The first-order valence-corrected chi connectivity index (χ1v) is 9.66. The van der Waals surface area contributed by atoms with Crippen LogP contribution in [-0.4, -0.2) is 53.5 Å². The molecule has 1 spiro atoms. The average molecular weight is 383 g/mol. The van der Waals surface area contributed by atoms with Crippen molar-refractivity contribution in [2.75, 3.05) is 26.7 Å². The summed E-state index contributed by atoms with van der Waals surface area (Å²) in [6.07, 6.45) is 2.23. The number of amides is 2. The molecular weight excluding hydrogens is 358 g/mol. The largest absolute Gasteiger partial charge is 0.479 e. The molecule has 2 aliphatic heterocycles. The first kappa shape index (κ1) is 18.5. The fourth-order valence-corrected chi connectivity index (χ4v) is 4.29. The van der Waals surface area contributed by atoms with E-state index in [1.165, 1.54) is 18.7 Å². The minimum Gasteiger partial charge on any atom is -0.479 e. The van der Waals surface area contributed by atoms with Crippen molar-refractivity contribution in [2.24, 2.45) is 5.41 Å². The minimum absolute atomic E-state index is 0.173. The Kier molecular flexibility index (Phi) is 4.83. The Labute approximate surface area is 164 Å². The van der Waals surface area contributed by atoms with Gasteiger partial charge >= 0.3 is 0 Å². The second kappa shape index (κ2) is 7.30. The summed E-state index contributed by atoms with van der Waals surface area (Å²) in [5.41, 5.74) is 2.03. The zero-order valence-corrected chi connectivity index (χ0v) is 16.3. The van der Waals surface area contributed by atoms with Gasteiger partial charge in [-0.25, -0.2) is 0 Å². The number of carbonyl (C=O) groups is 2. The number of hydrogen-bond acceptors (Lipinski definition) is 5. The molecule has 3 heterocycles. The number of benzene rings is 1. The third-order valence-electron chi connectivity index (χ3n) is 5.97. The summed E-state index contributed by atoms with van der Waals surface area (Å²) >= 11 is 0. The van der Waals surface area contributed by atoms with Crippen LogP contribution < -0.4 is 4.74 Å². The van der Waals surface area contributed by atoms with Gasteiger partial charge in [0.25, 0.3) is 11.8 Å². The summed E-state index contributed by atoms with van der Waals surface area (Å²) in [5.74, 6) is 0.483. The van der Waals surface area contributed by atoms with Gasteiger partial charge < -0.3 is 19.1 Å². The molecule has 2 aromatic rings. The normalized spacial score (nSPS) is 18.7. The van der Waals surface area contributed by atoms with Gasteiger partial charge in [-0.05, 0) is 36.9 Å². The first-order chi connectivity index (χ1) is 13.5. The van der Waals surface area contributed by atoms with Gasteiger partial charge in [0.15, 0.2) is 0 Å². The molecule has 0 N–H and O–H groups in total. The summed E-state index contributed by atoms with van der Waals surface area (Å²) in [4.78, 5) is 29.4. The molecule has 0 unspecified atom stereocenters. The van der Waals surface area contributed by atoms with E-state index in [0.29, 0.717) is 32.5 Å². The second-order valence-electron chi connectivity index (χ2n) is 7.77. The average Bonchev–Trinajstić information content (AvgIpc) is 3.29. The van der Waals surface area contributed by atoms with Crippen LogP contribution in [0.4, 0.5) is 0 Å². The highest BCUT2D eigenvalue weighted by Crippen LogP contribution is 2.42. The van der Waals surface area contributed by atoms with Crippen LogP contribution in [0.5, 0.6) is 5.88 Å². The fraction of sp³-hybridized carbons (Fsp3) is 0.476. The topological polar surface area (TPSA) is 75.9 Å². The first-order valence-electron chi connectivity index (χ1n) is 9.66. The number of rotatable bonds is 4. The van der Waals surface area contributed by atoms with Crippen molar-refractivity contribution in [3.63, 3.8) is 0 Å². The Morgan fingerprint density at radius 1 is 1.21 bits per heavy atom. The molecule has 2 amide bonds. The van der Waals surface area contributed by atoms with Crippen molar-refractivity contribution in [1.29, 1.82) is 0 Å². The monoisotopic (exact) mass is 383 g/mol. The number of nitrogens with zero attached hydrogens (tertiary/aromatic N) is 3. The van der Waals surface area contributed by atoms with Gasteiger partial charge in [-0.15, -0.1) is 0 Å². The molecule has 0 saturated carbocycles. The highest BCUT2D eigenvalue weighted by atomic mass is 16.5. The quantitative estimate of drug-likeness (QED) is 0.811. The van der Waals surface area contributed by atoms with Crippen molar-refractivity contribution in [3.8, 4) is 5.88 Å². The molecule has 0 atom stereocenters. The Hall–Kier alpha value is -2.83. The van der Waals surface area contributed by atoms with E-state index in [4.69, 9.17) is 9.26 Å². The van der Waals surface area contributed by atoms with E-state index in [1.807, 2.05) is 11.0 Å². The third kappa shape index (κ3) is 3.37. The molecule has 2 fully saturated rings. The Morgan fingerprint density at radius 3 is 2.64 bits per heavy atom. The Bertz CT molecular complexity index is 883. The number of hydrogen-bond donors (Lipinski definition) is 0. The minimum atomic E-state index is -0.334. The highest BCUT2D eigenvalue weighted by molar-refractivity contribution is 5.92. The number of methoxy groups -OCH3 is 1. The molecule has 4 rings (SSSR count). The summed E-state index contributed by atoms with van der Waals surface area (Å²) < 4.78 is 10.0. The van der Waals surface area contributed by atoms with Crippen molar-refractivity contribution in [1.82, 2.24) is 15.0 Å². The van der Waals surface area contributed by atoms with Crippen LogP contribution in [0.25, 0.3) is 0 Å². The maximum Gasteiger partial charge on any atom is 0.292 e. The summed E-state index contributed by atoms with van der Waals surface area (Å²) in [6, 6.07) is 9.79. The number of carbonyl (C=O) groups excluding carboxylic acids is 2. The van der Waals surface area contributed by atoms with E-state index in [-0.39, 0.29) is 28.9 Å². The fourth-order valence-electron chi connectivity index (χ4n) is 4.29. The predicted octanol–water partition coefficient (Wildman–Crippen LogP) is 2.65. The van der Waals surface area contributed by atoms with Crippen LogP contribution in [-0.2, 0) is 11.3 Å². The van der Waals surface area contributed by atoms with Gasteiger partial charge in [0.1, 0.15) is 0 Å². The number of piperidine rings is 1. The number of aromatic nitrogens is 1. The smallest absolute Gasteiger partial charge is 0.292 e. The van der Waals surface area contributed by atoms with E-state index in [9.17, 15) is 9.59 Å². The Morgan fingerprint density at radius 2 is 1.96 bits per heavy atom. The summed E-state index contributed by atoms with van der Waals surface area (Å²) in [6.45, 7) is 4.59. The molecule has 7 heteroatoms. The lowest BCUT2D eigenvalue weighted by molar-refractivity contribution is -0.138. The van der Waals surface area contributed by atoms with Gasteiger partial charge in [0, 0.05) is 26.2 Å². The lowest BCUT2D eigenvalue weighted by Crippen LogP contribution is -2.46. The van der Waals surface area contributed by atoms with Gasteiger partial charge in [0.2, 0.25) is 11.7 Å². The van der Waals surface area contributed by atoms with Crippen LogP contribution in [0.3, 0.4) is 0 Å². The maximum atomic E-state index is 13.1. The zero-order valence-electron chi connectivity index (χ0n) is 16.3. The van der Waals surface area contributed by atoms with Crippen LogP contribution in [0.2, 0.25) is 0 Å². The number of aryl methyl sites for hydroxylation is 1. The van der Waals surface area contributed by atoms with E-state index in [0.717, 1.165) is 18.5 Å². The van der Waals surface area contributed by atoms with Crippen LogP contribution >= 0.6 is 0 Å². The van der Waals surface area contributed by atoms with Crippen LogP contribution in [0.15, 0.2) is 34.9 Å². The van der Waals surface area contributed by atoms with Crippen molar-refractivity contribution in [3.05, 3.63) is 47.2 Å². The number of likely N-dealkylation sites (tertiary alicyclic amines) is 2. The van der Waals surface area contributed by atoms with Crippen molar-refractivity contribution < 1.29 is 18.8 Å². The molecular formula is C21H25N3O4. The molecule has 0 aliphatic carbocycles. The molecule has 2 aliphatic rings. The van der Waals surface area contributed by atoms with Crippen LogP contribution in [0.1, 0.15) is 40.9 Å². The van der Waals surface area contributed by atoms with Crippen LogP contribution in [0, 0.1) is 12.3 Å². The van der Waals surface area contributed by atoms with Gasteiger partial charge in [-0.1, -0.05) is 29.8 Å². The van der Waals surface area contributed by atoms with E-state index >= 15 is 0 Å². The zero-order chi connectivity index (χ0) is 19.7. The van der Waals surface area contributed by atoms with Gasteiger partial charge in [0.05, 0.1) is 18.6 Å². The molecule has 7 nitrogen and oxygen atoms in total. The molecule has 148 valence electrons. The summed E-state index contributed by atoms with van der Waals surface area (Å²) in [7, 11) is 1.48. The van der Waals surface area contributed by atoms with E-state index in [2.05, 4.69) is 30.3 Å². The van der Waals surface area contributed by atoms with Gasteiger partial charge in [-0.3, -0.25) is 9.59 Å². The third-order valence-corrected chi connectivity index (χ3v) is 5.97. The highest BCUT2D eigenvalue weighted by Gasteiger charge is 2.48. The molecule has 0 radical (unpaired) electrons. The standard InChI is InChI=1S/C21H25N3O4/c1-15-4-3-5-16(12-15)14-24-11-8-21(20(24)26)6-9-23(10-7-21)19(25)17-13-18(27-2)22-28-17/h3-5,12-13H,6-11,14H2,1-2H3. The van der Waals surface area contributed by atoms with Gasteiger partial charge in [-0.2, -0.15) is 0 Å². The molecule has 2 saturated heterocycles. The Balaban J connectivity index is 1.38. The molecule has 28 heavy (non-hydrogen) atoms. The summed E-state index contributed by atoms with van der Waals surface area (Å²) in [5, 5.41) is 3.68. The van der Waals surface area contributed by atoms with E-state index in [1.54, 1.807) is 4.90 Å². The lowest BCUT2D eigenvalue weighted by Gasteiger charge is -2.37. The van der Waals surface area contributed by atoms with Crippen molar-refractivity contribution >= 4 is 11.8 Å². The SMILES string of the molecule is COc1cc(C(=O)N2CCC3(CC2)CCN(Cc2cccc(C)c2)C3=O)on1. The van der Waals surface area contributed by atoms with Crippen molar-refractivity contribution in [2.45, 2.75) is 32.7 Å². The maximum absolute atomic E-state index is 13.1. The molecule has 1 aromatic heterocycles. The molecule has 0 bridgehead atoms. The lowest BCUT2D eigenvalue weighted by atomic mass is 9.77. The number of ether oxygens (including phenoxy) is 1. The second-order valence-corrected chi connectivity index (χ2v) is 7.77. The molecule has 1 aromatic carbocycles. The van der Waals surface area contributed by atoms with E-state index < -0.39 is 0 Å². The predicted molar refractivity (Wildman–Crippen MR) is 102 cm³/mol.